The van der Waals surface area contributed by atoms with E-state index in [-0.39, 0.29) is 0 Å². The van der Waals surface area contributed by atoms with Gasteiger partial charge in [0.25, 0.3) is 0 Å². The Bertz CT molecular complexity index is 719. The van der Waals surface area contributed by atoms with E-state index in [9.17, 15) is 0 Å². The van der Waals surface area contributed by atoms with Crippen molar-refractivity contribution in [2.45, 2.75) is 6.92 Å². The zero-order valence-corrected chi connectivity index (χ0v) is 12.2. The zero-order valence-electron chi connectivity index (χ0n) is 10.0. The molecule has 1 nitrogen and oxygen atoms in total. The molecule has 0 unspecified atom stereocenters. The third-order valence-corrected chi connectivity index (χ3v) is 3.76. The van der Waals surface area contributed by atoms with E-state index < -0.39 is 0 Å². The van der Waals surface area contributed by atoms with Gasteiger partial charge in [0.15, 0.2) is 0 Å². The molecule has 1 heterocycles. The third kappa shape index (κ3) is 2.01. The van der Waals surface area contributed by atoms with Crippen LogP contribution in [0.2, 0.25) is 0 Å². The van der Waals surface area contributed by atoms with Crippen LogP contribution in [0.1, 0.15) is 5.56 Å². The number of halogens is 1. The minimum atomic E-state index is 1.06. The summed E-state index contributed by atoms with van der Waals surface area (Å²) in [5.74, 6) is 0. The van der Waals surface area contributed by atoms with Crippen LogP contribution >= 0.6 is 22.6 Å². The number of fused-ring (bicyclic) bond motifs is 1. The Labute approximate surface area is 120 Å². The summed E-state index contributed by atoms with van der Waals surface area (Å²) >= 11 is 2.33. The van der Waals surface area contributed by atoms with Crippen LogP contribution < -0.4 is 0 Å². The molecule has 0 aliphatic heterocycles. The molecule has 0 fully saturated rings. The third-order valence-electron chi connectivity index (χ3n) is 3.09. The summed E-state index contributed by atoms with van der Waals surface area (Å²) in [6.07, 6.45) is 1.96. The lowest BCUT2D eigenvalue weighted by molar-refractivity contribution is 1.31. The molecule has 0 spiro atoms. The number of hydrogen-bond acceptors (Lipinski definition) is 1. The average Bonchev–Trinajstić information content (AvgIpc) is 2.39. The van der Waals surface area contributed by atoms with E-state index in [1.165, 1.54) is 25.5 Å². The topological polar surface area (TPSA) is 12.9 Å². The fraction of sp³-hybridized carbons (Fsp3) is 0.0625. The van der Waals surface area contributed by atoms with Gasteiger partial charge < -0.3 is 0 Å². The highest BCUT2D eigenvalue weighted by Gasteiger charge is 2.06. The number of nitrogens with zero attached hydrogens (tertiary/aromatic N) is 1. The Morgan fingerprint density at radius 2 is 1.72 bits per heavy atom. The summed E-state index contributed by atoms with van der Waals surface area (Å²) in [6, 6.07) is 16.9. The number of pyridine rings is 1. The Hall–Kier alpha value is -1.42. The van der Waals surface area contributed by atoms with Crippen molar-refractivity contribution in [3.63, 3.8) is 0 Å². The molecule has 2 aromatic carbocycles. The van der Waals surface area contributed by atoms with Gasteiger partial charge >= 0.3 is 0 Å². The minimum absolute atomic E-state index is 1.06. The second-order valence-corrected chi connectivity index (χ2v) is 5.59. The predicted octanol–water partition coefficient (Wildman–Crippen LogP) is 4.81. The van der Waals surface area contributed by atoms with Gasteiger partial charge in [0.1, 0.15) is 0 Å². The first-order valence-electron chi connectivity index (χ1n) is 5.86. The van der Waals surface area contributed by atoms with Gasteiger partial charge in [-0.25, -0.2) is 0 Å². The summed E-state index contributed by atoms with van der Waals surface area (Å²) in [7, 11) is 0. The van der Waals surface area contributed by atoms with Crippen molar-refractivity contribution in [1.29, 1.82) is 0 Å². The Morgan fingerprint density at radius 3 is 2.50 bits per heavy atom. The number of hydrogen-bond donors (Lipinski definition) is 0. The molecule has 0 amide bonds. The second-order valence-electron chi connectivity index (χ2n) is 4.35. The number of rotatable bonds is 1. The van der Waals surface area contributed by atoms with Crippen molar-refractivity contribution in [2.75, 3.05) is 0 Å². The van der Waals surface area contributed by atoms with Crippen molar-refractivity contribution in [1.82, 2.24) is 4.98 Å². The fourth-order valence-corrected chi connectivity index (χ4v) is 2.74. The molecule has 0 saturated heterocycles. The van der Waals surface area contributed by atoms with Crippen molar-refractivity contribution in [2.24, 2.45) is 0 Å². The van der Waals surface area contributed by atoms with Crippen LogP contribution in [-0.4, -0.2) is 4.98 Å². The number of aromatic nitrogens is 1. The number of benzene rings is 2. The van der Waals surface area contributed by atoms with E-state index in [1.54, 1.807) is 0 Å². The molecule has 0 radical (unpaired) electrons. The molecular weight excluding hydrogens is 333 g/mol. The second kappa shape index (κ2) is 4.69. The van der Waals surface area contributed by atoms with E-state index in [0.717, 1.165) is 5.69 Å². The lowest BCUT2D eigenvalue weighted by atomic mass is 10.0. The molecule has 0 aliphatic rings. The van der Waals surface area contributed by atoms with Crippen LogP contribution in [0, 0.1) is 10.5 Å². The van der Waals surface area contributed by atoms with Gasteiger partial charge in [-0.15, -0.1) is 0 Å². The Morgan fingerprint density at radius 1 is 0.944 bits per heavy atom. The highest BCUT2D eigenvalue weighted by Crippen LogP contribution is 2.28. The van der Waals surface area contributed by atoms with Crippen molar-refractivity contribution in [3.05, 3.63) is 63.9 Å². The monoisotopic (exact) mass is 345 g/mol. The summed E-state index contributed by atoms with van der Waals surface area (Å²) in [4.78, 5) is 4.61. The van der Waals surface area contributed by atoms with Gasteiger partial charge in [0.2, 0.25) is 0 Å². The highest BCUT2D eigenvalue weighted by molar-refractivity contribution is 14.1. The van der Waals surface area contributed by atoms with E-state index in [4.69, 9.17) is 0 Å². The zero-order chi connectivity index (χ0) is 12.5. The molecule has 18 heavy (non-hydrogen) atoms. The molecule has 2 heteroatoms. The molecule has 3 aromatic rings. The molecule has 0 atom stereocenters. The first-order valence-corrected chi connectivity index (χ1v) is 6.94. The lowest BCUT2D eigenvalue weighted by Crippen LogP contribution is -1.89. The first kappa shape index (κ1) is 11.7. The Kier molecular flexibility index (Phi) is 3.04. The molecule has 0 aliphatic carbocycles. The van der Waals surface area contributed by atoms with Crippen LogP contribution in [0.15, 0.2) is 54.7 Å². The first-order chi connectivity index (χ1) is 8.75. The highest BCUT2D eigenvalue weighted by atomic mass is 127. The summed E-state index contributed by atoms with van der Waals surface area (Å²) in [6.45, 7) is 2.11. The van der Waals surface area contributed by atoms with Crippen molar-refractivity contribution < 1.29 is 0 Å². The SMILES string of the molecule is Cc1cnc(-c2cccc(I)c2)c2ccccc12. The van der Waals surface area contributed by atoms with E-state index in [1.807, 2.05) is 6.20 Å². The van der Waals surface area contributed by atoms with Gasteiger partial charge in [0.05, 0.1) is 5.69 Å². The van der Waals surface area contributed by atoms with Crippen molar-refractivity contribution >= 4 is 33.4 Å². The van der Waals surface area contributed by atoms with Gasteiger partial charge in [-0.3, -0.25) is 4.98 Å². The van der Waals surface area contributed by atoms with Crippen LogP contribution in [0.3, 0.4) is 0 Å². The largest absolute Gasteiger partial charge is 0.255 e. The van der Waals surface area contributed by atoms with Crippen molar-refractivity contribution in [3.8, 4) is 11.3 Å². The molecule has 0 saturated carbocycles. The average molecular weight is 345 g/mol. The number of aryl methyl sites for hydroxylation is 1. The summed E-state index contributed by atoms with van der Waals surface area (Å²) in [5, 5.41) is 2.50. The van der Waals surface area contributed by atoms with Crippen LogP contribution in [0.4, 0.5) is 0 Å². The lowest BCUT2D eigenvalue weighted by Gasteiger charge is -2.08. The maximum absolute atomic E-state index is 4.61. The van der Waals surface area contributed by atoms with Gasteiger partial charge in [0, 0.05) is 20.7 Å². The van der Waals surface area contributed by atoms with Crippen LogP contribution in [0.25, 0.3) is 22.0 Å². The Balaban J connectivity index is 2.33. The maximum atomic E-state index is 4.61. The summed E-state index contributed by atoms with van der Waals surface area (Å²) < 4.78 is 1.23. The normalized spacial score (nSPS) is 10.8. The van der Waals surface area contributed by atoms with E-state index in [0.29, 0.717) is 0 Å². The molecule has 1 aromatic heterocycles. The molecule has 0 bridgehead atoms. The van der Waals surface area contributed by atoms with Gasteiger partial charge in [-0.1, -0.05) is 36.4 Å². The molecule has 0 N–H and O–H groups in total. The van der Waals surface area contributed by atoms with E-state index in [2.05, 4.69) is 83.0 Å². The standard InChI is InChI=1S/C16H12IN/c1-11-10-18-16(12-5-4-6-13(17)9-12)15-8-3-2-7-14(11)15/h2-10H,1H3. The molecular formula is C16H12IN. The quantitative estimate of drug-likeness (QED) is 0.577. The van der Waals surface area contributed by atoms with Gasteiger partial charge in [-0.2, -0.15) is 0 Å². The van der Waals surface area contributed by atoms with E-state index >= 15 is 0 Å². The fourth-order valence-electron chi connectivity index (χ4n) is 2.20. The smallest absolute Gasteiger partial charge is 0.0780 e. The molecule has 3 rings (SSSR count). The van der Waals surface area contributed by atoms with Crippen LogP contribution in [-0.2, 0) is 0 Å². The predicted molar refractivity (Wildman–Crippen MR) is 84.6 cm³/mol. The molecule has 88 valence electrons. The maximum Gasteiger partial charge on any atom is 0.0780 e. The minimum Gasteiger partial charge on any atom is -0.255 e. The van der Waals surface area contributed by atoms with Gasteiger partial charge in [-0.05, 0) is 52.6 Å². The van der Waals surface area contributed by atoms with Crippen LogP contribution in [0.5, 0.6) is 0 Å². The summed E-state index contributed by atoms with van der Waals surface area (Å²) in [5.41, 5.74) is 3.47.